The normalized spacial score (nSPS) is 13.9. The first-order chi connectivity index (χ1) is 9.65. The quantitative estimate of drug-likeness (QED) is 0.663. The first-order valence-electron chi connectivity index (χ1n) is 6.32. The van der Waals surface area contributed by atoms with Crippen molar-refractivity contribution in [3.8, 4) is 5.75 Å². The van der Waals surface area contributed by atoms with Gasteiger partial charge in [0.2, 0.25) is 5.43 Å². The molecule has 0 saturated carbocycles. The summed E-state index contributed by atoms with van der Waals surface area (Å²) in [6, 6.07) is 0.940. The first kappa shape index (κ1) is 13.9. The van der Waals surface area contributed by atoms with Crippen LogP contribution in [0.25, 0.3) is 5.08 Å². The Balaban J connectivity index is 2.10. The predicted octanol–water partition coefficient (Wildman–Crippen LogP) is 1.17. The molecule has 0 unspecified atom stereocenters. The number of aromatic nitrogens is 1. The molecule has 0 spiro atoms. The zero-order valence-electron chi connectivity index (χ0n) is 11.2. The Morgan fingerprint density at radius 2 is 2.25 bits per heavy atom. The van der Waals surface area contributed by atoms with Crippen molar-refractivity contribution in [1.29, 1.82) is 5.39 Å². The van der Waals surface area contributed by atoms with Gasteiger partial charge >= 0.3 is 11.1 Å². The number of H-pyrrole nitrogens is 1. The van der Waals surface area contributed by atoms with Gasteiger partial charge in [0.15, 0.2) is 5.75 Å². The van der Waals surface area contributed by atoms with Gasteiger partial charge < -0.3 is 14.6 Å². The van der Waals surface area contributed by atoms with Crippen LogP contribution in [0.2, 0.25) is 0 Å². The summed E-state index contributed by atoms with van der Waals surface area (Å²) in [7, 11) is 1.40. The molecule has 0 aliphatic carbocycles. The van der Waals surface area contributed by atoms with Gasteiger partial charge in [-0.3, -0.25) is 4.79 Å². The predicted molar refractivity (Wildman–Crippen MR) is 70.4 cm³/mol. The van der Waals surface area contributed by atoms with E-state index in [2.05, 4.69) is 10.1 Å². The lowest BCUT2D eigenvalue weighted by Gasteiger charge is -2.14. The lowest BCUT2D eigenvalue weighted by atomic mass is 10.3. The van der Waals surface area contributed by atoms with E-state index in [9.17, 15) is 9.59 Å². The molecule has 1 fully saturated rings. The van der Waals surface area contributed by atoms with Gasteiger partial charge in [0.25, 0.3) is 5.39 Å². The molecular formula is C12H16N5O3+. The Bertz CT molecular complexity index is 585. The molecular weight excluding hydrogens is 262 g/mol. The average Bonchev–Trinajstić information content (AvgIpc) is 2.98. The molecule has 0 radical (unpaired) electrons. The second-order valence-corrected chi connectivity index (χ2v) is 4.51. The Kier molecular flexibility index (Phi) is 4.20. The van der Waals surface area contributed by atoms with Crippen LogP contribution in [0.15, 0.2) is 17.1 Å². The number of rotatable bonds is 3. The molecule has 1 aliphatic rings. The van der Waals surface area contributed by atoms with Crippen LogP contribution in [0, 0.1) is 5.39 Å². The van der Waals surface area contributed by atoms with Crippen molar-refractivity contribution in [3.63, 3.8) is 0 Å². The SMILES string of the molecule is COc1c[nH]c(CN([N+]#N)C(=O)N2CCCC2)cc1=O. The highest BCUT2D eigenvalue weighted by atomic mass is 16.5. The summed E-state index contributed by atoms with van der Waals surface area (Å²) in [5.74, 6) is 0.187. The summed E-state index contributed by atoms with van der Waals surface area (Å²) in [5.41, 5.74) is 0.161. The number of pyridine rings is 1. The van der Waals surface area contributed by atoms with Crippen LogP contribution in [0.5, 0.6) is 5.75 Å². The van der Waals surface area contributed by atoms with Crippen LogP contribution < -0.4 is 10.2 Å². The molecule has 20 heavy (non-hydrogen) atoms. The van der Waals surface area contributed by atoms with Crippen LogP contribution in [0.3, 0.4) is 0 Å². The molecule has 8 nitrogen and oxygen atoms in total. The van der Waals surface area contributed by atoms with Crippen LogP contribution in [0.4, 0.5) is 4.79 Å². The van der Waals surface area contributed by atoms with Crippen molar-refractivity contribution in [2.75, 3.05) is 20.2 Å². The van der Waals surface area contributed by atoms with Gasteiger partial charge in [0.1, 0.15) is 6.54 Å². The highest BCUT2D eigenvalue weighted by Gasteiger charge is 2.32. The molecule has 1 aromatic heterocycles. The van der Waals surface area contributed by atoms with Crippen molar-refractivity contribution in [3.05, 3.63) is 33.3 Å². The Labute approximate surface area is 115 Å². The molecule has 1 N–H and O–H groups in total. The lowest BCUT2D eigenvalue weighted by molar-refractivity contribution is 0.175. The van der Waals surface area contributed by atoms with E-state index in [4.69, 9.17) is 10.1 Å². The molecule has 0 atom stereocenters. The number of hydrogen-bond donors (Lipinski definition) is 1. The van der Waals surface area contributed by atoms with E-state index in [1.807, 2.05) is 0 Å². The van der Waals surface area contributed by atoms with Crippen molar-refractivity contribution >= 4 is 6.03 Å². The number of amides is 2. The van der Waals surface area contributed by atoms with E-state index in [0.29, 0.717) is 18.8 Å². The summed E-state index contributed by atoms with van der Waals surface area (Å²) in [6.45, 7) is 1.30. The first-order valence-corrected chi connectivity index (χ1v) is 6.32. The Hall–Kier alpha value is -2.56. The minimum atomic E-state index is -0.373. The third-order valence-electron chi connectivity index (χ3n) is 3.18. The van der Waals surface area contributed by atoms with Gasteiger partial charge in [-0.05, 0) is 12.8 Å². The Morgan fingerprint density at radius 1 is 1.55 bits per heavy atom. The van der Waals surface area contributed by atoms with Gasteiger partial charge in [-0.1, -0.05) is 0 Å². The van der Waals surface area contributed by atoms with Crippen LogP contribution in [-0.2, 0) is 6.54 Å². The largest absolute Gasteiger partial charge is 0.491 e. The second kappa shape index (κ2) is 6.06. The summed E-state index contributed by atoms with van der Waals surface area (Å²) in [4.78, 5) is 28.1. The zero-order valence-corrected chi connectivity index (χ0v) is 11.2. The topological polar surface area (TPSA) is 93.8 Å². The van der Waals surface area contributed by atoms with Gasteiger partial charge in [0, 0.05) is 31.0 Å². The lowest BCUT2D eigenvalue weighted by Crippen LogP contribution is -2.37. The van der Waals surface area contributed by atoms with Gasteiger partial charge in [-0.15, -0.1) is 0 Å². The molecule has 0 bridgehead atoms. The van der Waals surface area contributed by atoms with E-state index in [1.54, 1.807) is 4.90 Å². The number of aromatic amines is 1. The maximum Gasteiger partial charge on any atom is 0.393 e. The number of urea groups is 1. The smallest absolute Gasteiger partial charge is 0.393 e. The number of methoxy groups -OCH3 is 1. The fraction of sp³-hybridized carbons (Fsp3) is 0.500. The number of nitrogens with zero attached hydrogens (tertiary/aromatic N) is 4. The van der Waals surface area contributed by atoms with Gasteiger partial charge in [-0.2, -0.15) is 0 Å². The Morgan fingerprint density at radius 3 is 2.80 bits per heavy atom. The molecule has 8 heteroatoms. The number of carbonyl (C=O) groups excluding carboxylic acids is 1. The van der Waals surface area contributed by atoms with E-state index in [0.717, 1.165) is 17.9 Å². The summed E-state index contributed by atoms with van der Waals surface area (Å²) >= 11 is 0. The molecule has 2 amide bonds. The molecule has 2 rings (SSSR count). The second-order valence-electron chi connectivity index (χ2n) is 4.51. The third kappa shape index (κ3) is 2.88. The van der Waals surface area contributed by atoms with E-state index >= 15 is 0 Å². The number of diazo groups is 1. The number of carbonyl (C=O) groups is 1. The minimum absolute atomic E-state index is 0.00886. The molecule has 1 saturated heterocycles. The highest BCUT2D eigenvalue weighted by molar-refractivity contribution is 5.75. The van der Waals surface area contributed by atoms with Crippen LogP contribution in [0.1, 0.15) is 18.5 Å². The molecule has 1 aromatic rings. The van der Waals surface area contributed by atoms with Crippen LogP contribution >= 0.6 is 0 Å². The van der Waals surface area contributed by atoms with Crippen molar-refractivity contribution in [2.45, 2.75) is 19.4 Å². The summed E-state index contributed by atoms with van der Waals surface area (Å²) in [6.07, 6.45) is 3.31. The maximum atomic E-state index is 12.1. The standard InChI is InChI=1S/C12H15N5O3/c1-20-11-7-14-9(6-10(11)18)8-17(15-13)12(19)16-4-2-3-5-16/h6-7H,2-5,8H2,1H3/p+1. The van der Waals surface area contributed by atoms with Gasteiger partial charge in [0.05, 0.1) is 12.1 Å². The van der Waals surface area contributed by atoms with E-state index in [1.165, 1.54) is 19.4 Å². The molecule has 0 aromatic carbocycles. The fourth-order valence-electron chi connectivity index (χ4n) is 2.12. The third-order valence-corrected chi connectivity index (χ3v) is 3.18. The summed E-state index contributed by atoms with van der Waals surface area (Å²) < 4.78 is 4.85. The fourth-order valence-corrected chi connectivity index (χ4v) is 2.12. The molecule has 106 valence electrons. The zero-order chi connectivity index (χ0) is 14.5. The number of ether oxygens (including phenoxy) is 1. The van der Waals surface area contributed by atoms with Crippen LogP contribution in [-0.4, -0.2) is 41.1 Å². The highest BCUT2D eigenvalue weighted by Crippen LogP contribution is 2.13. The number of likely N-dealkylation sites (tertiary alicyclic amines) is 1. The maximum absolute atomic E-state index is 12.1. The number of hydrogen-bond acceptors (Lipinski definition) is 4. The van der Waals surface area contributed by atoms with Crippen molar-refractivity contribution in [2.24, 2.45) is 0 Å². The van der Waals surface area contributed by atoms with Crippen molar-refractivity contribution in [1.82, 2.24) is 14.9 Å². The summed E-state index contributed by atoms with van der Waals surface area (Å²) in [5, 5.41) is 12.9. The average molecular weight is 278 g/mol. The van der Waals surface area contributed by atoms with E-state index in [-0.39, 0.29) is 23.8 Å². The van der Waals surface area contributed by atoms with Crippen molar-refractivity contribution < 1.29 is 9.53 Å². The minimum Gasteiger partial charge on any atom is -0.491 e. The number of nitrogens with one attached hydrogen (secondary N) is 1. The van der Waals surface area contributed by atoms with E-state index < -0.39 is 0 Å². The monoisotopic (exact) mass is 278 g/mol. The molecule has 2 heterocycles. The van der Waals surface area contributed by atoms with Gasteiger partial charge in [-0.25, -0.2) is 4.79 Å². The molecule has 1 aliphatic heterocycles.